The van der Waals surface area contributed by atoms with Gasteiger partial charge < -0.3 is 0 Å². The molecule has 0 bridgehead atoms. The van der Waals surface area contributed by atoms with Crippen LogP contribution in [0.25, 0.3) is 0 Å². The minimum Gasteiger partial charge on any atom is -0.258 e. The molecule has 0 aliphatic heterocycles. The quantitative estimate of drug-likeness (QED) is 0.520. The molecular weight excluding hydrogens is 316 g/mol. The second kappa shape index (κ2) is 6.72. The van der Waals surface area contributed by atoms with E-state index in [1.165, 1.54) is 12.1 Å². The van der Waals surface area contributed by atoms with Gasteiger partial charge in [0.2, 0.25) is 10.0 Å². The lowest BCUT2D eigenvalue weighted by Crippen LogP contribution is -2.34. The molecule has 1 aromatic carbocycles. The van der Waals surface area contributed by atoms with Crippen LogP contribution in [0.3, 0.4) is 0 Å². The molecule has 0 atom stereocenters. The van der Waals surface area contributed by atoms with Gasteiger partial charge in [0.15, 0.2) is 0 Å². The van der Waals surface area contributed by atoms with Crippen LogP contribution in [0.5, 0.6) is 0 Å². The first-order valence-corrected chi connectivity index (χ1v) is 8.72. The van der Waals surface area contributed by atoms with E-state index in [-0.39, 0.29) is 16.0 Å². The number of nitrogens with zero attached hydrogens (tertiary/aromatic N) is 1. The van der Waals surface area contributed by atoms with E-state index in [1.807, 2.05) is 0 Å². The summed E-state index contributed by atoms with van der Waals surface area (Å²) in [7, 11) is -3.76. The highest BCUT2D eigenvalue weighted by Crippen LogP contribution is 2.27. The molecule has 2 rings (SSSR count). The minimum absolute atomic E-state index is 0.0755. The zero-order valence-corrected chi connectivity index (χ0v) is 13.0. The molecule has 6 nitrogen and oxygen atoms in total. The average molecular weight is 333 g/mol. The van der Waals surface area contributed by atoms with Crippen molar-refractivity contribution in [3.63, 3.8) is 0 Å². The number of halogens is 1. The van der Waals surface area contributed by atoms with Crippen molar-refractivity contribution in [2.24, 2.45) is 0 Å². The van der Waals surface area contributed by atoms with Crippen LogP contribution in [0.2, 0.25) is 5.02 Å². The Bertz CT molecular complexity index is 625. The molecule has 1 aliphatic rings. The molecule has 0 heterocycles. The summed E-state index contributed by atoms with van der Waals surface area (Å²) in [5, 5.41) is 10.8. The van der Waals surface area contributed by atoms with Gasteiger partial charge in [0.1, 0.15) is 5.02 Å². The number of sulfonamides is 1. The Labute approximate surface area is 128 Å². The number of hydrogen-bond acceptors (Lipinski definition) is 4. The van der Waals surface area contributed by atoms with E-state index in [2.05, 4.69) is 4.72 Å². The lowest BCUT2D eigenvalue weighted by Gasteiger charge is -2.16. The second-order valence-electron chi connectivity index (χ2n) is 5.18. The molecule has 1 N–H and O–H groups in total. The first-order valence-electron chi connectivity index (χ1n) is 6.86. The van der Waals surface area contributed by atoms with E-state index in [0.717, 1.165) is 44.6 Å². The smallest absolute Gasteiger partial charge is 0.258 e. The van der Waals surface area contributed by atoms with E-state index in [1.54, 1.807) is 0 Å². The van der Waals surface area contributed by atoms with Crippen molar-refractivity contribution < 1.29 is 13.3 Å². The Morgan fingerprint density at radius 2 is 1.81 bits per heavy atom. The van der Waals surface area contributed by atoms with Gasteiger partial charge >= 0.3 is 0 Å². The van der Waals surface area contributed by atoms with Crippen LogP contribution >= 0.6 is 11.6 Å². The molecule has 116 valence electrons. The topological polar surface area (TPSA) is 89.3 Å². The van der Waals surface area contributed by atoms with Crippen LogP contribution in [0.15, 0.2) is 23.1 Å². The van der Waals surface area contributed by atoms with E-state index in [0.29, 0.717) is 0 Å². The maximum absolute atomic E-state index is 12.3. The molecule has 0 radical (unpaired) electrons. The SMILES string of the molecule is O=[N+]([O-])c1cc(S(=O)(=O)NC2CCCCCC2)ccc1Cl. The molecule has 0 spiro atoms. The minimum atomic E-state index is -3.76. The van der Waals surface area contributed by atoms with Crippen LogP contribution in [-0.4, -0.2) is 19.4 Å². The lowest BCUT2D eigenvalue weighted by atomic mass is 10.1. The number of nitro groups is 1. The van der Waals surface area contributed by atoms with Gasteiger partial charge in [-0.05, 0) is 25.0 Å². The summed E-state index contributed by atoms with van der Waals surface area (Å²) in [4.78, 5) is 10.0. The summed E-state index contributed by atoms with van der Waals surface area (Å²) < 4.78 is 27.3. The third-order valence-electron chi connectivity index (χ3n) is 3.60. The third-order valence-corrected chi connectivity index (χ3v) is 5.44. The normalized spacial score (nSPS) is 17.4. The van der Waals surface area contributed by atoms with E-state index >= 15 is 0 Å². The van der Waals surface area contributed by atoms with Crippen LogP contribution in [0, 0.1) is 10.1 Å². The standard InChI is InChI=1S/C13H17ClN2O4S/c14-12-8-7-11(9-13(12)16(17)18)21(19,20)15-10-5-3-1-2-4-6-10/h7-10,15H,1-6H2. The summed E-state index contributed by atoms with van der Waals surface area (Å²) in [6.07, 6.45) is 5.82. The van der Waals surface area contributed by atoms with Gasteiger partial charge in [-0.1, -0.05) is 37.3 Å². The monoisotopic (exact) mass is 332 g/mol. The summed E-state index contributed by atoms with van der Waals surface area (Å²) in [5.74, 6) is 0. The van der Waals surface area contributed by atoms with Crippen LogP contribution in [0.4, 0.5) is 5.69 Å². The summed E-state index contributed by atoms with van der Waals surface area (Å²) in [6, 6.07) is 3.42. The van der Waals surface area contributed by atoms with Crippen molar-refractivity contribution in [1.82, 2.24) is 4.72 Å². The number of nitrogens with one attached hydrogen (secondary N) is 1. The van der Waals surface area contributed by atoms with E-state index in [4.69, 9.17) is 11.6 Å². The Kier molecular flexibility index (Phi) is 5.18. The number of rotatable bonds is 4. The average Bonchev–Trinajstić information content (AvgIpc) is 2.66. The van der Waals surface area contributed by atoms with Crippen molar-refractivity contribution in [2.75, 3.05) is 0 Å². The van der Waals surface area contributed by atoms with Crippen molar-refractivity contribution in [3.8, 4) is 0 Å². The van der Waals surface area contributed by atoms with Crippen LogP contribution in [0.1, 0.15) is 38.5 Å². The van der Waals surface area contributed by atoms with Gasteiger partial charge in [0.25, 0.3) is 5.69 Å². The largest absolute Gasteiger partial charge is 0.289 e. The zero-order valence-electron chi connectivity index (χ0n) is 11.4. The molecule has 21 heavy (non-hydrogen) atoms. The maximum Gasteiger partial charge on any atom is 0.289 e. The van der Waals surface area contributed by atoms with Crippen molar-refractivity contribution >= 4 is 27.3 Å². The van der Waals surface area contributed by atoms with Crippen molar-refractivity contribution in [1.29, 1.82) is 0 Å². The fraction of sp³-hybridized carbons (Fsp3) is 0.538. The van der Waals surface area contributed by atoms with Crippen molar-refractivity contribution in [3.05, 3.63) is 33.3 Å². The number of nitro benzene ring substituents is 1. The van der Waals surface area contributed by atoms with Gasteiger partial charge in [-0.25, -0.2) is 13.1 Å². The number of benzene rings is 1. The van der Waals surface area contributed by atoms with E-state index in [9.17, 15) is 18.5 Å². The highest BCUT2D eigenvalue weighted by molar-refractivity contribution is 7.89. The molecule has 1 aliphatic carbocycles. The maximum atomic E-state index is 12.3. The molecule has 1 saturated carbocycles. The molecule has 1 fully saturated rings. The summed E-state index contributed by atoms with van der Waals surface area (Å²) >= 11 is 5.70. The van der Waals surface area contributed by atoms with Gasteiger partial charge in [-0.2, -0.15) is 0 Å². The molecule has 8 heteroatoms. The zero-order chi connectivity index (χ0) is 15.5. The number of hydrogen-bond donors (Lipinski definition) is 1. The molecule has 0 aromatic heterocycles. The Morgan fingerprint density at radius 1 is 1.19 bits per heavy atom. The summed E-state index contributed by atoms with van der Waals surface area (Å²) in [5.41, 5.74) is -0.402. The van der Waals surface area contributed by atoms with Gasteiger partial charge in [-0.15, -0.1) is 0 Å². The van der Waals surface area contributed by atoms with E-state index < -0.39 is 20.6 Å². The third kappa shape index (κ3) is 4.15. The molecule has 0 saturated heterocycles. The predicted octanol–water partition coefficient (Wildman–Crippen LogP) is 3.25. The van der Waals surface area contributed by atoms with Gasteiger partial charge in [0, 0.05) is 12.1 Å². The molecule has 0 amide bonds. The lowest BCUT2D eigenvalue weighted by molar-refractivity contribution is -0.384. The molecule has 0 unspecified atom stereocenters. The molecular formula is C13H17ClN2O4S. The fourth-order valence-electron chi connectivity index (χ4n) is 2.48. The van der Waals surface area contributed by atoms with Crippen molar-refractivity contribution in [2.45, 2.75) is 49.5 Å². The summed E-state index contributed by atoms with van der Waals surface area (Å²) in [6.45, 7) is 0. The first kappa shape index (κ1) is 16.2. The van der Waals surface area contributed by atoms with Crippen LogP contribution < -0.4 is 4.72 Å². The highest BCUT2D eigenvalue weighted by Gasteiger charge is 2.24. The fourth-order valence-corrected chi connectivity index (χ4v) is 4.00. The second-order valence-corrected chi connectivity index (χ2v) is 7.30. The van der Waals surface area contributed by atoms with Gasteiger partial charge in [0.05, 0.1) is 9.82 Å². The first-order chi connectivity index (χ1) is 9.90. The predicted molar refractivity (Wildman–Crippen MR) is 79.9 cm³/mol. The molecule has 1 aromatic rings. The Hall–Kier alpha value is -1.18. The van der Waals surface area contributed by atoms with Crippen LogP contribution in [-0.2, 0) is 10.0 Å². The Morgan fingerprint density at radius 3 is 2.38 bits per heavy atom. The van der Waals surface area contributed by atoms with Gasteiger partial charge in [-0.3, -0.25) is 10.1 Å². The Balaban J connectivity index is 2.22. The highest BCUT2D eigenvalue weighted by atomic mass is 35.5.